The fourth-order valence-electron chi connectivity index (χ4n) is 2.14. The summed E-state index contributed by atoms with van der Waals surface area (Å²) < 4.78 is 26.3. The molecular weight excluding hydrogens is 300 g/mol. The topological polar surface area (TPSA) is 72.2 Å². The summed E-state index contributed by atoms with van der Waals surface area (Å²) in [5, 5.41) is 13.7. The van der Waals surface area contributed by atoms with Gasteiger partial charge >= 0.3 is 0 Å². The van der Waals surface area contributed by atoms with Gasteiger partial charge in [0.05, 0.1) is 15.5 Å². The lowest BCUT2D eigenvalue weighted by Gasteiger charge is -2.05. The van der Waals surface area contributed by atoms with Crippen molar-refractivity contribution in [3.8, 4) is 17.1 Å². The van der Waals surface area contributed by atoms with Gasteiger partial charge in [-0.25, -0.2) is 13.1 Å². The van der Waals surface area contributed by atoms with Crippen molar-refractivity contribution < 1.29 is 13.5 Å². The molecule has 0 unspecified atom stereocenters. The largest absolute Gasteiger partial charge is 0.493 e. The maximum absolute atomic E-state index is 12.5. The van der Waals surface area contributed by atoms with Crippen LogP contribution in [-0.4, -0.2) is 23.3 Å². The molecule has 0 aliphatic carbocycles. The normalized spacial score (nSPS) is 11.5. The monoisotopic (exact) mass is 314 g/mol. The minimum Gasteiger partial charge on any atom is -0.493 e. The lowest BCUT2D eigenvalue weighted by molar-refractivity contribution is 0.419. The Kier molecular flexibility index (Phi) is 3.46. The third-order valence-electron chi connectivity index (χ3n) is 3.37. The van der Waals surface area contributed by atoms with Crippen molar-refractivity contribution in [3.05, 3.63) is 60.7 Å². The van der Waals surface area contributed by atoms with Gasteiger partial charge in [-0.2, -0.15) is 5.10 Å². The Morgan fingerprint density at radius 2 is 1.55 bits per heavy atom. The van der Waals surface area contributed by atoms with E-state index in [0.29, 0.717) is 5.69 Å². The van der Waals surface area contributed by atoms with E-state index < -0.39 is 9.84 Å². The summed E-state index contributed by atoms with van der Waals surface area (Å²) in [6, 6.07) is 16.3. The lowest BCUT2D eigenvalue weighted by atomic mass is 10.2. The highest BCUT2D eigenvalue weighted by atomic mass is 32.2. The van der Waals surface area contributed by atoms with Gasteiger partial charge in [0.2, 0.25) is 15.7 Å². The number of rotatable bonds is 3. The SMILES string of the molecule is Cn1nc(-c2ccc(S(=O)(=O)c3ccccc3)cc2)cc1O. The summed E-state index contributed by atoms with van der Waals surface area (Å²) in [5.74, 6) is 0.0518. The second-order valence-corrected chi connectivity index (χ2v) is 6.80. The number of aromatic hydroxyl groups is 1. The summed E-state index contributed by atoms with van der Waals surface area (Å²) in [4.78, 5) is 0.487. The zero-order valence-corrected chi connectivity index (χ0v) is 12.7. The summed E-state index contributed by atoms with van der Waals surface area (Å²) in [6.07, 6.45) is 0. The van der Waals surface area contributed by atoms with Gasteiger partial charge in [-0.05, 0) is 24.3 Å². The van der Waals surface area contributed by atoms with E-state index in [0.717, 1.165) is 5.56 Å². The van der Waals surface area contributed by atoms with Crippen LogP contribution in [0.5, 0.6) is 5.88 Å². The Morgan fingerprint density at radius 3 is 2.09 bits per heavy atom. The van der Waals surface area contributed by atoms with E-state index in [4.69, 9.17) is 0 Å². The van der Waals surface area contributed by atoms with Gasteiger partial charge in [-0.1, -0.05) is 30.3 Å². The van der Waals surface area contributed by atoms with Gasteiger partial charge in [0.25, 0.3) is 0 Å². The average Bonchev–Trinajstić information content (AvgIpc) is 2.88. The van der Waals surface area contributed by atoms with Crippen LogP contribution in [0, 0.1) is 0 Å². The molecule has 3 aromatic rings. The molecule has 0 amide bonds. The van der Waals surface area contributed by atoms with Crippen molar-refractivity contribution in [1.29, 1.82) is 0 Å². The Balaban J connectivity index is 1.98. The number of aromatic nitrogens is 2. The maximum atomic E-state index is 12.5. The minimum atomic E-state index is -3.52. The summed E-state index contributed by atoms with van der Waals surface area (Å²) >= 11 is 0. The van der Waals surface area contributed by atoms with Gasteiger partial charge in [-0.3, -0.25) is 0 Å². The van der Waals surface area contributed by atoms with E-state index >= 15 is 0 Å². The lowest BCUT2D eigenvalue weighted by Crippen LogP contribution is -2.01. The van der Waals surface area contributed by atoms with E-state index in [2.05, 4.69) is 5.10 Å². The van der Waals surface area contributed by atoms with Crippen LogP contribution in [0.2, 0.25) is 0 Å². The van der Waals surface area contributed by atoms with Crippen LogP contribution in [0.3, 0.4) is 0 Å². The first kappa shape index (κ1) is 14.3. The molecule has 0 saturated heterocycles. The van der Waals surface area contributed by atoms with Crippen LogP contribution in [0.1, 0.15) is 0 Å². The number of hydrogen-bond acceptors (Lipinski definition) is 4. The van der Waals surface area contributed by atoms with Crippen LogP contribution in [0.15, 0.2) is 70.5 Å². The Labute approximate surface area is 128 Å². The van der Waals surface area contributed by atoms with Gasteiger partial charge in [0.15, 0.2) is 0 Å². The molecule has 1 aromatic heterocycles. The van der Waals surface area contributed by atoms with Crippen molar-refractivity contribution in [2.45, 2.75) is 9.79 Å². The molecule has 0 bridgehead atoms. The van der Waals surface area contributed by atoms with Crippen molar-refractivity contribution in [2.75, 3.05) is 0 Å². The Morgan fingerprint density at radius 1 is 0.955 bits per heavy atom. The smallest absolute Gasteiger partial charge is 0.209 e. The second-order valence-electron chi connectivity index (χ2n) is 4.85. The molecule has 22 heavy (non-hydrogen) atoms. The molecule has 0 aliphatic rings. The Hall–Kier alpha value is -2.60. The molecule has 3 rings (SSSR count). The third kappa shape index (κ3) is 2.48. The van der Waals surface area contributed by atoms with Gasteiger partial charge in [0.1, 0.15) is 0 Å². The van der Waals surface area contributed by atoms with Crippen molar-refractivity contribution in [3.63, 3.8) is 0 Å². The molecule has 1 heterocycles. The molecule has 0 atom stereocenters. The maximum Gasteiger partial charge on any atom is 0.209 e. The quantitative estimate of drug-likeness (QED) is 0.806. The molecule has 5 nitrogen and oxygen atoms in total. The van der Waals surface area contributed by atoms with Gasteiger partial charge in [0, 0.05) is 18.7 Å². The minimum absolute atomic E-state index is 0.0518. The number of nitrogens with zero attached hydrogens (tertiary/aromatic N) is 2. The summed E-state index contributed by atoms with van der Waals surface area (Å²) in [6.45, 7) is 0. The van der Waals surface area contributed by atoms with Crippen LogP contribution in [0.25, 0.3) is 11.3 Å². The molecule has 2 aromatic carbocycles. The molecule has 1 N–H and O–H groups in total. The second kappa shape index (κ2) is 5.31. The van der Waals surface area contributed by atoms with Crippen LogP contribution >= 0.6 is 0 Å². The number of hydrogen-bond donors (Lipinski definition) is 1. The first-order chi connectivity index (χ1) is 10.5. The number of sulfone groups is 1. The third-order valence-corrected chi connectivity index (χ3v) is 5.15. The molecule has 112 valence electrons. The predicted molar refractivity (Wildman–Crippen MR) is 82.2 cm³/mol. The molecule has 0 fully saturated rings. The fourth-order valence-corrected chi connectivity index (χ4v) is 3.42. The summed E-state index contributed by atoms with van der Waals surface area (Å²) in [7, 11) is -1.88. The standard InChI is InChI=1S/C16H14N2O3S/c1-18-16(19)11-15(17-18)12-7-9-14(10-8-12)22(20,21)13-5-3-2-4-6-13/h2-11,19H,1H3. The van der Waals surface area contributed by atoms with E-state index in [9.17, 15) is 13.5 Å². The summed E-state index contributed by atoms with van der Waals surface area (Å²) in [5.41, 5.74) is 1.33. The van der Waals surface area contributed by atoms with Crippen LogP contribution in [0.4, 0.5) is 0 Å². The highest BCUT2D eigenvalue weighted by Gasteiger charge is 2.17. The zero-order valence-electron chi connectivity index (χ0n) is 11.8. The molecule has 6 heteroatoms. The molecule has 0 spiro atoms. The van der Waals surface area contributed by atoms with Gasteiger partial charge in [-0.15, -0.1) is 0 Å². The Bertz CT molecular complexity index is 879. The molecule has 0 radical (unpaired) electrons. The van der Waals surface area contributed by atoms with E-state index in [-0.39, 0.29) is 15.7 Å². The first-order valence-corrected chi connectivity index (χ1v) is 8.10. The highest BCUT2D eigenvalue weighted by Crippen LogP contribution is 2.25. The van der Waals surface area contributed by atoms with Crippen LogP contribution < -0.4 is 0 Å². The van der Waals surface area contributed by atoms with Crippen molar-refractivity contribution in [2.24, 2.45) is 7.05 Å². The fraction of sp³-hybridized carbons (Fsp3) is 0.0625. The average molecular weight is 314 g/mol. The van der Waals surface area contributed by atoms with E-state index in [1.807, 2.05) is 0 Å². The highest BCUT2D eigenvalue weighted by molar-refractivity contribution is 7.91. The van der Waals surface area contributed by atoms with Gasteiger partial charge < -0.3 is 5.11 Å². The zero-order chi connectivity index (χ0) is 15.7. The van der Waals surface area contributed by atoms with E-state index in [1.165, 1.54) is 10.7 Å². The number of aryl methyl sites for hydroxylation is 1. The molecule has 0 saturated carbocycles. The number of benzene rings is 2. The van der Waals surface area contributed by atoms with Crippen molar-refractivity contribution >= 4 is 9.84 Å². The van der Waals surface area contributed by atoms with Crippen LogP contribution in [-0.2, 0) is 16.9 Å². The predicted octanol–water partition coefficient (Wildman–Crippen LogP) is 2.63. The molecule has 0 aliphatic heterocycles. The van der Waals surface area contributed by atoms with E-state index in [1.54, 1.807) is 61.6 Å². The molecular formula is C16H14N2O3S. The van der Waals surface area contributed by atoms with Crippen molar-refractivity contribution in [1.82, 2.24) is 9.78 Å². The first-order valence-electron chi connectivity index (χ1n) is 6.62.